The number of fused-ring (bicyclic) bond motifs is 1. The van der Waals surface area contributed by atoms with Gasteiger partial charge in [0.15, 0.2) is 6.10 Å². The molecule has 10 heteroatoms. The third kappa shape index (κ3) is 5.74. The van der Waals surface area contributed by atoms with Crippen molar-refractivity contribution in [3.05, 3.63) is 53.6 Å². The molecule has 8 nitrogen and oxygen atoms in total. The summed E-state index contributed by atoms with van der Waals surface area (Å²) >= 11 is 7.13. The fourth-order valence-corrected chi connectivity index (χ4v) is 3.85. The Labute approximate surface area is 181 Å². The Morgan fingerprint density at radius 2 is 1.93 bits per heavy atom. The number of anilines is 2. The third-order valence-corrected chi connectivity index (χ3v) is 5.57. The molecule has 1 aliphatic heterocycles. The van der Waals surface area contributed by atoms with Crippen LogP contribution in [0.5, 0.6) is 0 Å². The van der Waals surface area contributed by atoms with Crippen LogP contribution in [-0.2, 0) is 19.1 Å². The van der Waals surface area contributed by atoms with E-state index in [1.807, 2.05) is 0 Å². The number of hydrogen-bond acceptors (Lipinski definition) is 6. The van der Waals surface area contributed by atoms with Gasteiger partial charge in [0.2, 0.25) is 5.91 Å². The van der Waals surface area contributed by atoms with Gasteiger partial charge in [0.1, 0.15) is 0 Å². The number of carbonyl (C=O) groups excluding carboxylic acids is 4. The summed E-state index contributed by atoms with van der Waals surface area (Å²) in [5.74, 6) is -1.87. The molecule has 2 unspecified atom stereocenters. The summed E-state index contributed by atoms with van der Waals surface area (Å²) in [7, 11) is 0. The molecule has 0 saturated heterocycles. The molecule has 1 aliphatic rings. The molecule has 0 spiro atoms. The minimum absolute atomic E-state index is 0.230. The number of halogens is 1. The molecule has 2 atom stereocenters. The van der Waals surface area contributed by atoms with E-state index in [9.17, 15) is 19.2 Å². The van der Waals surface area contributed by atoms with Crippen LogP contribution < -0.4 is 16.0 Å². The molecule has 2 aromatic rings. The van der Waals surface area contributed by atoms with Gasteiger partial charge in [-0.25, -0.2) is 4.79 Å². The molecule has 3 N–H and O–H groups in total. The Balaban J connectivity index is 1.49. The number of esters is 1. The highest BCUT2D eigenvalue weighted by molar-refractivity contribution is 8.01. The smallest absolute Gasteiger partial charge is 0.325 e. The second kappa shape index (κ2) is 9.64. The molecule has 0 aromatic heterocycles. The van der Waals surface area contributed by atoms with Crippen LogP contribution in [0.25, 0.3) is 0 Å². The maximum absolute atomic E-state index is 12.2. The number of para-hydroxylation sites is 1. The lowest BCUT2D eigenvalue weighted by Gasteiger charge is -2.24. The number of amides is 4. The molecule has 2 aromatic carbocycles. The summed E-state index contributed by atoms with van der Waals surface area (Å²) < 4.78 is 5.08. The van der Waals surface area contributed by atoms with Gasteiger partial charge in [-0.2, -0.15) is 0 Å². The van der Waals surface area contributed by atoms with Crippen molar-refractivity contribution in [2.24, 2.45) is 0 Å². The van der Waals surface area contributed by atoms with Crippen LogP contribution in [0.4, 0.5) is 16.2 Å². The number of benzene rings is 2. The minimum Gasteiger partial charge on any atom is -0.452 e. The quantitative estimate of drug-likeness (QED) is 0.605. The molecule has 0 saturated carbocycles. The zero-order valence-corrected chi connectivity index (χ0v) is 17.4. The Morgan fingerprint density at radius 1 is 1.20 bits per heavy atom. The normalized spacial score (nSPS) is 15.9. The van der Waals surface area contributed by atoms with Gasteiger partial charge in [-0.05, 0) is 37.3 Å². The van der Waals surface area contributed by atoms with Gasteiger partial charge in [-0.1, -0.05) is 29.8 Å². The number of imide groups is 1. The van der Waals surface area contributed by atoms with Crippen LogP contribution in [0.3, 0.4) is 0 Å². The van der Waals surface area contributed by atoms with Crippen molar-refractivity contribution in [3.63, 3.8) is 0 Å². The summed E-state index contributed by atoms with van der Waals surface area (Å²) in [6.45, 7) is 1.34. The lowest BCUT2D eigenvalue weighted by atomic mass is 10.2. The molecular formula is C20H18ClN3O5S. The molecular weight excluding hydrogens is 430 g/mol. The van der Waals surface area contributed by atoms with Crippen LogP contribution >= 0.6 is 23.4 Å². The molecule has 30 heavy (non-hydrogen) atoms. The van der Waals surface area contributed by atoms with E-state index in [1.54, 1.807) is 48.5 Å². The van der Waals surface area contributed by atoms with E-state index in [-0.39, 0.29) is 12.3 Å². The van der Waals surface area contributed by atoms with Crippen LogP contribution in [0.15, 0.2) is 53.4 Å². The van der Waals surface area contributed by atoms with Crippen molar-refractivity contribution in [1.82, 2.24) is 5.32 Å². The Bertz CT molecular complexity index is 986. The van der Waals surface area contributed by atoms with E-state index in [2.05, 4.69) is 16.0 Å². The van der Waals surface area contributed by atoms with Gasteiger partial charge >= 0.3 is 12.0 Å². The topological polar surface area (TPSA) is 114 Å². The fourth-order valence-electron chi connectivity index (χ4n) is 2.60. The summed E-state index contributed by atoms with van der Waals surface area (Å²) in [4.78, 5) is 49.2. The molecule has 0 aliphatic carbocycles. The highest BCUT2D eigenvalue weighted by atomic mass is 35.5. The van der Waals surface area contributed by atoms with E-state index in [0.717, 1.165) is 4.90 Å². The number of carbonyl (C=O) groups is 4. The molecule has 0 bridgehead atoms. The summed E-state index contributed by atoms with van der Waals surface area (Å²) in [5, 5.41) is 7.07. The molecule has 0 fully saturated rings. The van der Waals surface area contributed by atoms with Crippen LogP contribution in [0, 0.1) is 0 Å². The van der Waals surface area contributed by atoms with Crippen molar-refractivity contribution in [1.29, 1.82) is 0 Å². The molecule has 156 valence electrons. The van der Waals surface area contributed by atoms with Gasteiger partial charge < -0.3 is 15.4 Å². The first kappa shape index (κ1) is 21.7. The lowest BCUT2D eigenvalue weighted by molar-refractivity contribution is -0.154. The van der Waals surface area contributed by atoms with Crippen molar-refractivity contribution in [2.75, 3.05) is 10.6 Å². The molecule has 1 heterocycles. The maximum atomic E-state index is 12.2. The average molecular weight is 448 g/mol. The Hall–Kier alpha value is -3.04. The Morgan fingerprint density at radius 3 is 2.67 bits per heavy atom. The van der Waals surface area contributed by atoms with Gasteiger partial charge in [-0.15, -0.1) is 11.8 Å². The first-order valence-corrected chi connectivity index (χ1v) is 10.2. The molecule has 3 rings (SSSR count). The summed E-state index contributed by atoms with van der Waals surface area (Å²) in [6.07, 6.45) is -1.44. The van der Waals surface area contributed by atoms with Crippen molar-refractivity contribution < 1.29 is 23.9 Å². The standard InChI is InChI=1S/C20H18ClN3O5S/c1-11(18(26)24-20(28)22-13-5-3-2-4-6-13)29-17(25)10-16-19(27)23-14-9-12(21)7-8-15(14)30-16/h2-9,11,16H,10H2,1H3,(H,23,27)(H2,22,24,26,28). The predicted octanol–water partition coefficient (Wildman–Crippen LogP) is 3.42. The number of nitrogens with one attached hydrogen (secondary N) is 3. The predicted molar refractivity (Wildman–Crippen MR) is 114 cm³/mol. The third-order valence-electron chi connectivity index (χ3n) is 4.06. The maximum Gasteiger partial charge on any atom is 0.325 e. The minimum atomic E-state index is -1.21. The molecule has 0 radical (unpaired) electrons. The lowest BCUT2D eigenvalue weighted by Crippen LogP contribution is -2.42. The second-order valence-electron chi connectivity index (χ2n) is 6.38. The number of rotatable bonds is 5. The fraction of sp³-hybridized carbons (Fsp3) is 0.200. The number of thioether (sulfide) groups is 1. The van der Waals surface area contributed by atoms with E-state index in [1.165, 1.54) is 18.7 Å². The second-order valence-corrected chi connectivity index (χ2v) is 8.06. The Kier molecular flexibility index (Phi) is 6.96. The number of hydrogen-bond donors (Lipinski definition) is 3. The van der Waals surface area contributed by atoms with Crippen molar-refractivity contribution in [3.8, 4) is 0 Å². The van der Waals surface area contributed by atoms with E-state index < -0.39 is 29.3 Å². The largest absolute Gasteiger partial charge is 0.452 e. The van der Waals surface area contributed by atoms with E-state index in [4.69, 9.17) is 16.3 Å². The van der Waals surface area contributed by atoms with Gasteiger partial charge in [-0.3, -0.25) is 19.7 Å². The van der Waals surface area contributed by atoms with Crippen LogP contribution in [0.2, 0.25) is 5.02 Å². The van der Waals surface area contributed by atoms with Crippen LogP contribution in [0.1, 0.15) is 13.3 Å². The average Bonchev–Trinajstić information content (AvgIpc) is 2.69. The summed E-state index contributed by atoms with van der Waals surface area (Å²) in [6, 6.07) is 12.9. The van der Waals surface area contributed by atoms with Crippen molar-refractivity contribution in [2.45, 2.75) is 29.6 Å². The van der Waals surface area contributed by atoms with Crippen LogP contribution in [-0.4, -0.2) is 35.2 Å². The van der Waals surface area contributed by atoms with Gasteiger partial charge in [0.25, 0.3) is 5.91 Å². The zero-order chi connectivity index (χ0) is 21.7. The number of ether oxygens (including phenoxy) is 1. The number of urea groups is 1. The monoisotopic (exact) mass is 447 g/mol. The molecule has 4 amide bonds. The zero-order valence-electron chi connectivity index (χ0n) is 15.8. The van der Waals surface area contributed by atoms with Gasteiger partial charge in [0.05, 0.1) is 17.4 Å². The van der Waals surface area contributed by atoms with E-state index in [0.29, 0.717) is 16.4 Å². The van der Waals surface area contributed by atoms with Gasteiger partial charge in [0, 0.05) is 15.6 Å². The van der Waals surface area contributed by atoms with Crippen molar-refractivity contribution >= 4 is 58.6 Å². The first-order valence-electron chi connectivity index (χ1n) is 8.95. The SMILES string of the molecule is CC(OC(=O)CC1Sc2ccc(Cl)cc2NC1=O)C(=O)NC(=O)Nc1ccccc1. The highest BCUT2D eigenvalue weighted by Gasteiger charge is 2.31. The highest BCUT2D eigenvalue weighted by Crippen LogP contribution is 2.38. The first-order chi connectivity index (χ1) is 14.3. The summed E-state index contributed by atoms with van der Waals surface area (Å²) in [5.41, 5.74) is 1.09. The van der Waals surface area contributed by atoms with E-state index >= 15 is 0 Å².